The largest absolute Gasteiger partial charge is 0.494 e. The van der Waals surface area contributed by atoms with Crippen molar-refractivity contribution < 1.29 is 14.3 Å². The van der Waals surface area contributed by atoms with Gasteiger partial charge in [-0.25, -0.2) is 0 Å². The third kappa shape index (κ3) is 15.5. The minimum Gasteiger partial charge on any atom is -0.494 e. The first kappa shape index (κ1) is 46.2. The Hall–Kier alpha value is -5.32. The van der Waals surface area contributed by atoms with E-state index in [1.807, 2.05) is 71.3 Å². The maximum Gasteiger partial charge on any atom is 0.240 e. The minimum atomic E-state index is -0.264. The Balaban J connectivity index is 0.000000229. The van der Waals surface area contributed by atoms with Crippen LogP contribution >= 0.6 is 0 Å². The number of carbonyl (C=O) groups excluding carboxylic acids is 2. The summed E-state index contributed by atoms with van der Waals surface area (Å²) in [6.07, 6.45) is 2.50. The Morgan fingerprint density at radius 2 is 0.984 bits per heavy atom. The molecule has 7 rings (SSSR count). The molecule has 2 fully saturated rings. The molecule has 0 aromatic heterocycles. The number of hydrogen-bond donors (Lipinski definition) is 1. The lowest BCUT2D eigenvalue weighted by molar-refractivity contribution is -0.137. The van der Waals surface area contributed by atoms with Crippen molar-refractivity contribution in [3.8, 4) is 5.75 Å². The van der Waals surface area contributed by atoms with Gasteiger partial charge in [0.05, 0.1) is 12.6 Å². The Morgan fingerprint density at radius 3 is 1.45 bits per heavy atom. The Labute approximate surface area is 371 Å². The summed E-state index contributed by atoms with van der Waals surface area (Å²) < 4.78 is 5.87. The lowest BCUT2D eigenvalue weighted by Crippen LogP contribution is -2.54. The maximum atomic E-state index is 13.7. The second-order valence-electron chi connectivity index (χ2n) is 17.0. The van der Waals surface area contributed by atoms with Crippen LogP contribution in [0.1, 0.15) is 41.2 Å². The Kier molecular flexibility index (Phi) is 18.6. The zero-order valence-corrected chi connectivity index (χ0v) is 37.3. The number of benzene rings is 5. The summed E-state index contributed by atoms with van der Waals surface area (Å²) in [7, 11) is 4.15. The van der Waals surface area contributed by atoms with Crippen molar-refractivity contribution in [1.29, 1.82) is 0 Å². The molecule has 0 bridgehead atoms. The molecule has 2 aliphatic heterocycles. The van der Waals surface area contributed by atoms with Crippen molar-refractivity contribution >= 4 is 11.8 Å². The van der Waals surface area contributed by atoms with Crippen molar-refractivity contribution in [3.05, 3.63) is 173 Å². The molecule has 0 saturated carbocycles. The van der Waals surface area contributed by atoms with E-state index >= 15 is 0 Å². The van der Waals surface area contributed by atoms with Gasteiger partial charge in [-0.05, 0) is 73.3 Å². The van der Waals surface area contributed by atoms with Crippen molar-refractivity contribution in [3.63, 3.8) is 0 Å². The van der Waals surface area contributed by atoms with Crippen LogP contribution in [0.25, 0.3) is 0 Å². The summed E-state index contributed by atoms with van der Waals surface area (Å²) in [6.45, 7) is 13.2. The summed E-state index contributed by atoms with van der Waals surface area (Å²) in [4.78, 5) is 37.4. The zero-order valence-electron chi connectivity index (χ0n) is 37.3. The van der Waals surface area contributed by atoms with E-state index in [9.17, 15) is 9.59 Å². The molecule has 5 aromatic rings. The third-order valence-corrected chi connectivity index (χ3v) is 11.7. The molecule has 9 nitrogen and oxygen atoms in total. The summed E-state index contributed by atoms with van der Waals surface area (Å²) in [5.74, 6) is 1.41. The molecule has 328 valence electrons. The molecule has 5 aromatic carbocycles. The molecule has 0 radical (unpaired) electrons. The number of nitrogens with one attached hydrogen (secondary N) is 1. The molecule has 2 saturated heterocycles. The fraction of sp³-hybridized carbons (Fsp3) is 0.396. The SMILES string of the molecule is CN(C)CCCOc1ccc(CN[C@@H](Cc2ccccc2)C(=O)N2CCN(Cc3ccccc3)CC2)cc1.C[C@@H](Cc1ccccc1)C(=O)N1CCN(Cc2ccccc2)CC1. The number of hydrogen-bond acceptors (Lipinski definition) is 7. The average molecular weight is 837 g/mol. The van der Waals surface area contributed by atoms with Crippen LogP contribution in [0.3, 0.4) is 0 Å². The molecule has 0 spiro atoms. The quantitative estimate of drug-likeness (QED) is 0.0932. The standard InChI is InChI=1S/C32H42N4O2.C21H26N2O/c1-34(2)18-9-23-38-30-16-14-28(15-17-30)25-33-31(24-27-10-5-3-6-11-27)32(37)36-21-19-35(20-22-36)26-29-12-7-4-8-13-29;1-18(16-19-8-4-2-5-9-19)21(24)23-14-12-22(13-15-23)17-20-10-6-3-7-11-20/h3-8,10-17,31,33H,9,18-26H2,1-2H3;2-11,18H,12-17H2,1H3/t31-;18-/m00/s1. The monoisotopic (exact) mass is 837 g/mol. The zero-order chi connectivity index (χ0) is 43.4. The highest BCUT2D eigenvalue weighted by Crippen LogP contribution is 2.17. The second-order valence-corrected chi connectivity index (χ2v) is 17.0. The van der Waals surface area contributed by atoms with Crippen LogP contribution in [0.5, 0.6) is 5.75 Å². The van der Waals surface area contributed by atoms with E-state index in [-0.39, 0.29) is 17.9 Å². The number of amides is 2. The smallest absolute Gasteiger partial charge is 0.240 e. The van der Waals surface area contributed by atoms with Gasteiger partial charge in [0.25, 0.3) is 0 Å². The van der Waals surface area contributed by atoms with Crippen LogP contribution in [-0.4, -0.2) is 122 Å². The Bertz CT molecular complexity index is 2000. The summed E-state index contributed by atoms with van der Waals surface area (Å²) in [6, 6.07) is 49.6. The molecule has 1 N–H and O–H groups in total. The first-order chi connectivity index (χ1) is 30.3. The van der Waals surface area contributed by atoms with Crippen LogP contribution in [-0.2, 0) is 42.1 Å². The first-order valence-corrected chi connectivity index (χ1v) is 22.6. The first-order valence-electron chi connectivity index (χ1n) is 22.6. The molecule has 9 heteroatoms. The molecule has 62 heavy (non-hydrogen) atoms. The number of nitrogens with zero attached hydrogens (tertiary/aromatic N) is 5. The predicted octanol–water partition coefficient (Wildman–Crippen LogP) is 7.27. The van der Waals surface area contributed by atoms with Crippen molar-refractivity contribution in [1.82, 2.24) is 29.8 Å². The molecule has 0 aliphatic carbocycles. The van der Waals surface area contributed by atoms with E-state index in [4.69, 9.17) is 4.74 Å². The summed E-state index contributed by atoms with van der Waals surface area (Å²) >= 11 is 0. The van der Waals surface area contributed by atoms with Gasteiger partial charge in [-0.2, -0.15) is 0 Å². The van der Waals surface area contributed by atoms with Crippen LogP contribution in [0.2, 0.25) is 0 Å². The van der Waals surface area contributed by atoms with E-state index < -0.39 is 0 Å². The van der Waals surface area contributed by atoms with Gasteiger partial charge in [-0.1, -0.05) is 140 Å². The van der Waals surface area contributed by atoms with E-state index in [1.165, 1.54) is 22.3 Å². The van der Waals surface area contributed by atoms with Crippen LogP contribution < -0.4 is 10.1 Å². The molecule has 2 atom stereocenters. The van der Waals surface area contributed by atoms with Gasteiger partial charge >= 0.3 is 0 Å². The summed E-state index contributed by atoms with van der Waals surface area (Å²) in [5, 5.41) is 3.57. The van der Waals surface area contributed by atoms with Crippen molar-refractivity contribution in [2.75, 3.05) is 79.6 Å². The van der Waals surface area contributed by atoms with Gasteiger partial charge in [-0.3, -0.25) is 19.4 Å². The van der Waals surface area contributed by atoms with Gasteiger partial charge in [-0.15, -0.1) is 0 Å². The second kappa shape index (κ2) is 25.0. The van der Waals surface area contributed by atoms with Gasteiger partial charge in [0, 0.05) is 84.5 Å². The van der Waals surface area contributed by atoms with E-state index in [0.29, 0.717) is 25.5 Å². The molecule has 0 unspecified atom stereocenters. The van der Waals surface area contributed by atoms with Crippen molar-refractivity contribution in [2.24, 2.45) is 5.92 Å². The predicted molar refractivity (Wildman–Crippen MR) is 252 cm³/mol. The maximum absolute atomic E-state index is 13.7. The molecule has 2 amide bonds. The summed E-state index contributed by atoms with van der Waals surface area (Å²) in [5.41, 5.74) is 6.21. The lowest BCUT2D eigenvalue weighted by atomic mass is 9.99. The normalized spacial score (nSPS) is 15.7. The van der Waals surface area contributed by atoms with Gasteiger partial charge < -0.3 is 24.8 Å². The topological polar surface area (TPSA) is 71.6 Å². The average Bonchev–Trinajstić information content (AvgIpc) is 3.31. The van der Waals surface area contributed by atoms with Gasteiger partial charge in [0.1, 0.15) is 5.75 Å². The highest BCUT2D eigenvalue weighted by atomic mass is 16.5. The Morgan fingerprint density at radius 1 is 0.548 bits per heavy atom. The van der Waals surface area contributed by atoms with Crippen LogP contribution in [0.15, 0.2) is 146 Å². The van der Waals surface area contributed by atoms with Gasteiger partial charge in [0.2, 0.25) is 11.8 Å². The number of ether oxygens (including phenoxy) is 1. The van der Waals surface area contributed by atoms with Crippen LogP contribution in [0, 0.1) is 5.92 Å². The highest BCUT2D eigenvalue weighted by molar-refractivity contribution is 5.82. The van der Waals surface area contributed by atoms with Gasteiger partial charge in [0.15, 0.2) is 0 Å². The fourth-order valence-corrected chi connectivity index (χ4v) is 8.13. The van der Waals surface area contributed by atoms with Crippen molar-refractivity contribution in [2.45, 2.75) is 51.9 Å². The van der Waals surface area contributed by atoms with E-state index in [2.05, 4.69) is 125 Å². The highest BCUT2D eigenvalue weighted by Gasteiger charge is 2.28. The number of piperazine rings is 2. The number of rotatable bonds is 18. The third-order valence-electron chi connectivity index (χ3n) is 11.7. The molecule has 2 aliphatic rings. The van der Waals surface area contributed by atoms with Crippen LogP contribution in [0.4, 0.5) is 0 Å². The fourth-order valence-electron chi connectivity index (χ4n) is 8.13. The number of carbonyl (C=O) groups is 2. The minimum absolute atomic E-state index is 0.0491. The van der Waals surface area contributed by atoms with E-state index in [0.717, 1.165) is 96.1 Å². The lowest BCUT2D eigenvalue weighted by Gasteiger charge is -2.36. The van der Waals surface area contributed by atoms with E-state index in [1.54, 1.807) is 0 Å². The molecule has 2 heterocycles. The molecular formula is C53H68N6O3. The molecular weight excluding hydrogens is 769 g/mol.